The molecular formula is C22H18ClN4O3+. The maximum atomic E-state index is 11.8. The fourth-order valence-electron chi connectivity index (χ4n) is 2.97. The fourth-order valence-corrected chi connectivity index (χ4v) is 3.10. The number of benzene rings is 3. The number of hydrazine groups is 1. The summed E-state index contributed by atoms with van der Waals surface area (Å²) in [5.74, 6) is 5.41. The summed E-state index contributed by atoms with van der Waals surface area (Å²) in [7, 11) is 0. The minimum atomic E-state index is -0.394. The van der Waals surface area contributed by atoms with Crippen LogP contribution in [0.2, 0.25) is 5.02 Å². The largest absolute Gasteiger partial charge is 0.507 e. The van der Waals surface area contributed by atoms with E-state index in [4.69, 9.17) is 22.2 Å². The number of nitrogens with zero attached hydrogens (tertiary/aromatic N) is 2. The van der Waals surface area contributed by atoms with Crippen molar-refractivity contribution in [2.24, 2.45) is 10.8 Å². The van der Waals surface area contributed by atoms with Gasteiger partial charge in [-0.15, -0.1) is 0 Å². The van der Waals surface area contributed by atoms with Gasteiger partial charge in [0.1, 0.15) is 24.3 Å². The summed E-state index contributed by atoms with van der Waals surface area (Å²) in [6, 6.07) is 17.5. The van der Waals surface area contributed by atoms with E-state index in [0.717, 1.165) is 5.56 Å². The number of phenolic OH excluding ortho intramolecular Hbond substituents is 1. The SMILES string of the molecule is NNC(=O)c1ccc2c(c1)[N+](=Cc1ccc(OCc3ccc(Cl)cc3)cc1O)C=N2. The summed E-state index contributed by atoms with van der Waals surface area (Å²) in [5.41, 5.74) is 5.48. The minimum absolute atomic E-state index is 0.0568. The van der Waals surface area contributed by atoms with Gasteiger partial charge in [0.05, 0.1) is 5.56 Å². The zero-order chi connectivity index (χ0) is 21.1. The minimum Gasteiger partial charge on any atom is -0.507 e. The molecule has 0 aromatic heterocycles. The van der Waals surface area contributed by atoms with Crippen LogP contribution in [-0.2, 0) is 6.61 Å². The first-order chi connectivity index (χ1) is 14.5. The van der Waals surface area contributed by atoms with E-state index in [-0.39, 0.29) is 5.75 Å². The third-order valence-corrected chi connectivity index (χ3v) is 4.82. The van der Waals surface area contributed by atoms with Gasteiger partial charge < -0.3 is 9.84 Å². The third kappa shape index (κ3) is 4.17. The highest BCUT2D eigenvalue weighted by Gasteiger charge is 2.22. The van der Waals surface area contributed by atoms with Crippen molar-refractivity contribution in [3.63, 3.8) is 0 Å². The standard InChI is InChI=1S/C22H17ClN4O3/c23-17-5-1-14(2-6-17)12-30-18-7-3-16(21(28)10-18)11-27-13-25-19-8-4-15(9-20(19)27)22(29)26-24/h1-11,13H,12,24H2,(H,26,29)/p+1. The number of fused-ring (bicyclic) bond motifs is 1. The van der Waals surface area contributed by atoms with Gasteiger partial charge in [-0.05, 0) is 47.0 Å². The molecule has 1 amide bonds. The first-order valence-corrected chi connectivity index (χ1v) is 9.44. The fraction of sp³-hybridized carbons (Fsp3) is 0.0455. The van der Waals surface area contributed by atoms with Crippen molar-refractivity contribution in [3.05, 3.63) is 82.4 Å². The van der Waals surface area contributed by atoms with Crippen LogP contribution in [0.15, 0.2) is 65.7 Å². The highest BCUT2D eigenvalue weighted by Crippen LogP contribution is 2.33. The molecule has 3 aromatic carbocycles. The lowest BCUT2D eigenvalue weighted by Gasteiger charge is -2.08. The second-order valence-corrected chi connectivity index (χ2v) is 7.03. The maximum Gasteiger partial charge on any atom is 0.292 e. The first-order valence-electron chi connectivity index (χ1n) is 9.06. The van der Waals surface area contributed by atoms with Gasteiger partial charge in [-0.2, -0.15) is 4.58 Å². The monoisotopic (exact) mass is 421 g/mol. The average Bonchev–Trinajstić information content (AvgIpc) is 3.16. The lowest BCUT2D eigenvalue weighted by Crippen LogP contribution is -2.29. The Kier molecular flexibility index (Phi) is 5.47. The number of halogens is 1. The Hall–Kier alpha value is -3.68. The number of aromatic hydroxyl groups is 1. The van der Waals surface area contributed by atoms with Gasteiger partial charge in [0.25, 0.3) is 12.2 Å². The van der Waals surface area contributed by atoms with Crippen molar-refractivity contribution in [1.82, 2.24) is 5.43 Å². The van der Waals surface area contributed by atoms with Crippen LogP contribution in [0.25, 0.3) is 0 Å². The molecule has 1 heterocycles. The van der Waals surface area contributed by atoms with Gasteiger partial charge in [0.15, 0.2) is 5.69 Å². The number of aliphatic imine (C=N–C) groups is 1. The van der Waals surface area contributed by atoms with E-state index in [9.17, 15) is 9.90 Å². The van der Waals surface area contributed by atoms with Crippen LogP contribution in [0, 0.1) is 0 Å². The van der Waals surface area contributed by atoms with Gasteiger partial charge >= 0.3 is 0 Å². The quantitative estimate of drug-likeness (QED) is 0.253. The molecule has 4 rings (SSSR count). The summed E-state index contributed by atoms with van der Waals surface area (Å²) >= 11 is 5.88. The number of nitrogens with two attached hydrogens (primary N) is 1. The van der Waals surface area contributed by atoms with Crippen molar-refractivity contribution in [1.29, 1.82) is 0 Å². The number of nitrogens with one attached hydrogen (secondary N) is 1. The molecule has 0 spiro atoms. The van der Waals surface area contributed by atoms with Crippen molar-refractivity contribution >= 4 is 41.4 Å². The van der Waals surface area contributed by atoms with E-state index >= 15 is 0 Å². The molecule has 0 radical (unpaired) electrons. The van der Waals surface area contributed by atoms with Crippen LogP contribution in [0.3, 0.4) is 0 Å². The Morgan fingerprint density at radius 1 is 1.17 bits per heavy atom. The summed E-state index contributed by atoms with van der Waals surface area (Å²) in [6.07, 6.45) is 3.33. The normalized spacial score (nSPS) is 13.3. The van der Waals surface area contributed by atoms with Crippen molar-refractivity contribution < 1.29 is 19.2 Å². The van der Waals surface area contributed by atoms with E-state index in [0.29, 0.717) is 39.9 Å². The smallest absolute Gasteiger partial charge is 0.292 e. The number of hydrogen-bond acceptors (Lipinski definition) is 5. The van der Waals surface area contributed by atoms with E-state index in [1.807, 2.05) is 12.1 Å². The number of amides is 1. The number of nitrogen functional groups attached to an aromatic ring is 1. The summed E-state index contributed by atoms with van der Waals surface area (Å²) in [5, 5.41) is 11.1. The van der Waals surface area contributed by atoms with Gasteiger partial charge in [-0.3, -0.25) is 10.2 Å². The van der Waals surface area contributed by atoms with Crippen LogP contribution >= 0.6 is 11.6 Å². The van der Waals surface area contributed by atoms with E-state index in [2.05, 4.69) is 10.4 Å². The molecule has 4 N–H and O–H groups in total. The summed E-state index contributed by atoms with van der Waals surface area (Å²) < 4.78 is 7.46. The van der Waals surface area contributed by atoms with Crippen molar-refractivity contribution in [2.45, 2.75) is 6.61 Å². The number of ether oxygens (including phenoxy) is 1. The number of rotatable bonds is 5. The predicted octanol–water partition coefficient (Wildman–Crippen LogP) is 3.66. The van der Waals surface area contributed by atoms with Crippen LogP contribution in [0.5, 0.6) is 11.5 Å². The summed E-state index contributed by atoms with van der Waals surface area (Å²) in [4.78, 5) is 16.1. The van der Waals surface area contributed by atoms with E-state index in [1.165, 1.54) is 0 Å². The Bertz CT molecular complexity index is 1170. The van der Waals surface area contributed by atoms with Crippen LogP contribution in [0.4, 0.5) is 11.4 Å². The molecule has 150 valence electrons. The van der Waals surface area contributed by atoms with E-state index < -0.39 is 5.91 Å². The zero-order valence-electron chi connectivity index (χ0n) is 15.7. The molecule has 0 bridgehead atoms. The highest BCUT2D eigenvalue weighted by molar-refractivity contribution is 6.30. The number of phenols is 1. The second-order valence-electron chi connectivity index (χ2n) is 6.59. The molecule has 7 nitrogen and oxygen atoms in total. The topological polar surface area (TPSA) is 100.0 Å². The molecular weight excluding hydrogens is 404 g/mol. The lowest BCUT2D eigenvalue weighted by atomic mass is 10.1. The molecule has 30 heavy (non-hydrogen) atoms. The van der Waals surface area contributed by atoms with Gasteiger partial charge in [-0.25, -0.2) is 5.84 Å². The Labute approximate surface area is 177 Å². The molecule has 0 atom stereocenters. The average molecular weight is 422 g/mol. The zero-order valence-corrected chi connectivity index (χ0v) is 16.5. The molecule has 0 aliphatic carbocycles. The molecule has 0 fully saturated rings. The Balaban J connectivity index is 1.53. The molecule has 8 heteroatoms. The van der Waals surface area contributed by atoms with Crippen molar-refractivity contribution in [3.8, 4) is 11.5 Å². The van der Waals surface area contributed by atoms with Crippen LogP contribution in [-0.4, -0.2) is 28.1 Å². The highest BCUT2D eigenvalue weighted by atomic mass is 35.5. The number of carbonyl (C=O) groups is 1. The van der Waals surface area contributed by atoms with Crippen LogP contribution in [0.1, 0.15) is 21.5 Å². The lowest BCUT2D eigenvalue weighted by molar-refractivity contribution is -0.282. The molecule has 0 saturated heterocycles. The second kappa shape index (κ2) is 8.36. The third-order valence-electron chi connectivity index (χ3n) is 4.57. The Morgan fingerprint density at radius 3 is 2.70 bits per heavy atom. The van der Waals surface area contributed by atoms with Crippen LogP contribution < -0.4 is 16.0 Å². The van der Waals surface area contributed by atoms with Gasteiger partial charge in [0, 0.05) is 22.7 Å². The number of carbonyl (C=O) groups excluding carboxylic acids is 1. The molecule has 3 aromatic rings. The molecule has 0 unspecified atom stereocenters. The van der Waals surface area contributed by atoms with E-state index in [1.54, 1.807) is 65.7 Å². The Morgan fingerprint density at radius 2 is 1.97 bits per heavy atom. The van der Waals surface area contributed by atoms with Gasteiger partial charge in [0.2, 0.25) is 5.69 Å². The predicted molar refractivity (Wildman–Crippen MR) is 115 cm³/mol. The molecule has 1 aliphatic rings. The van der Waals surface area contributed by atoms with Gasteiger partial charge in [-0.1, -0.05) is 23.7 Å². The molecule has 0 saturated carbocycles. The summed E-state index contributed by atoms with van der Waals surface area (Å²) in [6.45, 7) is 0.359. The van der Waals surface area contributed by atoms with Crippen molar-refractivity contribution in [2.75, 3.05) is 0 Å². The number of hydrogen-bond donors (Lipinski definition) is 3. The molecule has 1 aliphatic heterocycles. The first kappa shape index (κ1) is 19.6. The maximum absolute atomic E-state index is 11.8.